The van der Waals surface area contributed by atoms with E-state index in [9.17, 15) is 14.7 Å². The van der Waals surface area contributed by atoms with Crippen molar-refractivity contribution >= 4 is 28.3 Å². The number of carboxylic acids is 1. The molecule has 0 saturated heterocycles. The number of rotatable bonds is 5. The van der Waals surface area contributed by atoms with Gasteiger partial charge in [-0.1, -0.05) is 50.1 Å². The minimum absolute atomic E-state index is 0.219. The Labute approximate surface area is 151 Å². The number of anilines is 1. The van der Waals surface area contributed by atoms with Gasteiger partial charge in [-0.3, -0.25) is 9.59 Å². The molecule has 1 aromatic carbocycles. The zero-order chi connectivity index (χ0) is 17.8. The van der Waals surface area contributed by atoms with Crippen molar-refractivity contribution in [2.45, 2.75) is 39.0 Å². The minimum Gasteiger partial charge on any atom is -0.481 e. The number of aryl methyl sites for hydroxylation is 1. The van der Waals surface area contributed by atoms with E-state index in [4.69, 9.17) is 0 Å². The molecule has 1 heterocycles. The molecule has 0 bridgehead atoms. The predicted molar refractivity (Wildman–Crippen MR) is 98.6 cm³/mol. The number of carbonyl (C=O) groups is 2. The first-order valence-electron chi connectivity index (χ1n) is 8.69. The second kappa shape index (κ2) is 7.78. The predicted octanol–water partition coefficient (Wildman–Crippen LogP) is 4.20. The first-order valence-corrected chi connectivity index (χ1v) is 9.50. The molecule has 3 rings (SSSR count). The summed E-state index contributed by atoms with van der Waals surface area (Å²) in [5, 5.41) is 12.8. The van der Waals surface area contributed by atoms with Crippen LogP contribution in [0.15, 0.2) is 30.3 Å². The van der Waals surface area contributed by atoms with Gasteiger partial charge < -0.3 is 10.4 Å². The van der Waals surface area contributed by atoms with Crippen LogP contribution in [0.3, 0.4) is 0 Å². The van der Waals surface area contributed by atoms with Crippen LogP contribution in [0.2, 0.25) is 0 Å². The molecule has 25 heavy (non-hydrogen) atoms. The molecule has 5 nitrogen and oxygen atoms in total. The van der Waals surface area contributed by atoms with E-state index >= 15 is 0 Å². The molecule has 1 fully saturated rings. The lowest BCUT2D eigenvalue weighted by molar-refractivity contribution is -0.147. The fourth-order valence-corrected chi connectivity index (χ4v) is 4.33. The molecule has 1 saturated carbocycles. The molecule has 6 heteroatoms. The van der Waals surface area contributed by atoms with Gasteiger partial charge in [-0.05, 0) is 19.3 Å². The van der Waals surface area contributed by atoms with Crippen LogP contribution < -0.4 is 5.32 Å². The van der Waals surface area contributed by atoms with E-state index in [1.807, 2.05) is 30.3 Å². The Kier molecular flexibility index (Phi) is 5.48. The maximum Gasteiger partial charge on any atom is 0.307 e. The fraction of sp³-hybridized carbons (Fsp3) is 0.421. The Morgan fingerprint density at radius 2 is 1.88 bits per heavy atom. The summed E-state index contributed by atoms with van der Waals surface area (Å²) in [5.74, 6) is -2.16. The van der Waals surface area contributed by atoms with E-state index in [2.05, 4.69) is 17.2 Å². The summed E-state index contributed by atoms with van der Waals surface area (Å²) in [6.45, 7) is 2.06. The van der Waals surface area contributed by atoms with Crippen LogP contribution in [-0.2, 0) is 16.0 Å². The Hall–Kier alpha value is -2.21. The zero-order valence-electron chi connectivity index (χ0n) is 14.2. The number of carbonyl (C=O) groups excluding carboxylic acids is 1. The number of amides is 1. The highest BCUT2D eigenvalue weighted by atomic mass is 32.1. The van der Waals surface area contributed by atoms with E-state index in [0.717, 1.165) is 35.4 Å². The van der Waals surface area contributed by atoms with Crippen LogP contribution in [0.5, 0.6) is 0 Å². The van der Waals surface area contributed by atoms with Crippen molar-refractivity contribution in [1.82, 2.24) is 4.98 Å². The summed E-state index contributed by atoms with van der Waals surface area (Å²) in [6.07, 6.45) is 3.80. The first kappa shape index (κ1) is 17.6. The van der Waals surface area contributed by atoms with Crippen molar-refractivity contribution in [1.29, 1.82) is 0 Å². The highest BCUT2D eigenvalue weighted by molar-refractivity contribution is 7.16. The van der Waals surface area contributed by atoms with Crippen molar-refractivity contribution in [3.8, 4) is 11.3 Å². The summed E-state index contributed by atoms with van der Waals surface area (Å²) >= 11 is 1.47. The van der Waals surface area contributed by atoms with Crippen LogP contribution in [0.1, 0.15) is 37.5 Å². The summed E-state index contributed by atoms with van der Waals surface area (Å²) in [5.41, 5.74) is 1.92. The maximum absolute atomic E-state index is 12.6. The second-order valence-electron chi connectivity index (χ2n) is 6.34. The third kappa shape index (κ3) is 3.90. The number of thiazole rings is 1. The number of aromatic nitrogens is 1. The van der Waals surface area contributed by atoms with Crippen LogP contribution in [-0.4, -0.2) is 22.0 Å². The normalized spacial score (nSPS) is 20.2. The SMILES string of the molecule is CCc1sc(NC(=O)[C@H]2CCCC[C@H]2C(=O)O)nc1-c1ccccc1. The van der Waals surface area contributed by atoms with Crippen LogP contribution in [0.25, 0.3) is 11.3 Å². The van der Waals surface area contributed by atoms with Crippen molar-refractivity contribution < 1.29 is 14.7 Å². The highest BCUT2D eigenvalue weighted by Gasteiger charge is 2.36. The monoisotopic (exact) mass is 358 g/mol. The van der Waals surface area contributed by atoms with Gasteiger partial charge in [-0.2, -0.15) is 0 Å². The first-order chi connectivity index (χ1) is 12.1. The molecule has 1 aromatic heterocycles. The van der Waals surface area contributed by atoms with E-state index in [-0.39, 0.29) is 5.91 Å². The smallest absolute Gasteiger partial charge is 0.307 e. The molecule has 132 valence electrons. The third-order valence-electron chi connectivity index (χ3n) is 4.72. The van der Waals surface area contributed by atoms with Gasteiger partial charge in [0.1, 0.15) is 0 Å². The maximum atomic E-state index is 12.6. The lowest BCUT2D eigenvalue weighted by Crippen LogP contribution is -2.36. The topological polar surface area (TPSA) is 79.3 Å². The van der Waals surface area contributed by atoms with Crippen molar-refractivity contribution in [3.63, 3.8) is 0 Å². The summed E-state index contributed by atoms with van der Waals surface area (Å²) in [7, 11) is 0. The van der Waals surface area contributed by atoms with Crippen LogP contribution >= 0.6 is 11.3 Å². The van der Waals surface area contributed by atoms with Crippen molar-refractivity contribution in [3.05, 3.63) is 35.2 Å². The Balaban J connectivity index is 1.80. The van der Waals surface area contributed by atoms with Crippen LogP contribution in [0.4, 0.5) is 5.13 Å². The van der Waals surface area contributed by atoms with E-state index in [1.54, 1.807) is 0 Å². The van der Waals surface area contributed by atoms with Gasteiger partial charge in [0.05, 0.1) is 17.5 Å². The molecule has 2 N–H and O–H groups in total. The number of benzene rings is 1. The number of hydrogen-bond donors (Lipinski definition) is 2. The largest absolute Gasteiger partial charge is 0.481 e. The molecule has 0 aliphatic heterocycles. The third-order valence-corrected chi connectivity index (χ3v) is 5.83. The van der Waals surface area contributed by atoms with Gasteiger partial charge in [0.25, 0.3) is 0 Å². The molecule has 2 aromatic rings. The molecule has 0 spiro atoms. The quantitative estimate of drug-likeness (QED) is 0.839. The molecule has 1 aliphatic carbocycles. The lowest BCUT2D eigenvalue weighted by Gasteiger charge is -2.26. The average Bonchev–Trinajstić information content (AvgIpc) is 3.05. The van der Waals surface area contributed by atoms with Gasteiger partial charge in [0, 0.05) is 10.4 Å². The summed E-state index contributed by atoms with van der Waals surface area (Å²) in [6, 6.07) is 9.89. The molecular formula is C19H22N2O3S. The number of hydrogen-bond acceptors (Lipinski definition) is 4. The number of aliphatic carboxylic acids is 1. The summed E-state index contributed by atoms with van der Waals surface area (Å²) in [4.78, 5) is 29.7. The van der Waals surface area contributed by atoms with E-state index < -0.39 is 17.8 Å². The molecule has 0 radical (unpaired) electrons. The van der Waals surface area contributed by atoms with Gasteiger partial charge in [-0.25, -0.2) is 4.98 Å². The van der Waals surface area contributed by atoms with Crippen molar-refractivity contribution in [2.24, 2.45) is 11.8 Å². The highest BCUT2D eigenvalue weighted by Crippen LogP contribution is 2.34. The Morgan fingerprint density at radius 1 is 1.20 bits per heavy atom. The molecule has 0 unspecified atom stereocenters. The fourth-order valence-electron chi connectivity index (χ4n) is 3.40. The van der Waals surface area contributed by atoms with Gasteiger partial charge in [0.15, 0.2) is 5.13 Å². The van der Waals surface area contributed by atoms with E-state index in [0.29, 0.717) is 18.0 Å². The molecule has 1 aliphatic rings. The van der Waals surface area contributed by atoms with Gasteiger partial charge in [-0.15, -0.1) is 11.3 Å². The molecule has 2 atom stereocenters. The minimum atomic E-state index is -0.877. The van der Waals surface area contributed by atoms with Crippen LogP contribution in [0, 0.1) is 11.8 Å². The molecular weight excluding hydrogens is 336 g/mol. The number of nitrogens with one attached hydrogen (secondary N) is 1. The van der Waals surface area contributed by atoms with Crippen molar-refractivity contribution in [2.75, 3.05) is 5.32 Å². The standard InChI is InChI=1S/C19H22N2O3S/c1-2-15-16(12-8-4-3-5-9-12)20-19(25-15)21-17(22)13-10-6-7-11-14(13)18(23)24/h3-5,8-9,13-14H,2,6-7,10-11H2,1H3,(H,23,24)(H,20,21,22)/t13-,14+/m0/s1. The number of carboxylic acid groups (broad SMARTS) is 1. The van der Waals surface area contributed by atoms with Gasteiger partial charge >= 0.3 is 5.97 Å². The Morgan fingerprint density at radius 3 is 2.52 bits per heavy atom. The lowest BCUT2D eigenvalue weighted by atomic mass is 9.79. The average molecular weight is 358 g/mol. The number of nitrogens with zero attached hydrogens (tertiary/aromatic N) is 1. The molecule has 1 amide bonds. The Bertz CT molecular complexity index is 757. The van der Waals surface area contributed by atoms with Gasteiger partial charge in [0.2, 0.25) is 5.91 Å². The second-order valence-corrected chi connectivity index (χ2v) is 7.42. The summed E-state index contributed by atoms with van der Waals surface area (Å²) < 4.78 is 0. The zero-order valence-corrected chi connectivity index (χ0v) is 15.0. The van der Waals surface area contributed by atoms with E-state index in [1.165, 1.54) is 11.3 Å².